The average Bonchev–Trinajstić information content (AvgIpc) is 2.80. The Morgan fingerprint density at radius 2 is 1.60 bits per heavy atom. The molecule has 1 saturated heterocycles. The number of benzene rings is 1. The fourth-order valence-corrected chi connectivity index (χ4v) is 2.97. The summed E-state index contributed by atoms with van der Waals surface area (Å²) in [4.78, 5) is 28.8. The molecule has 2 amide bonds. The Morgan fingerprint density at radius 1 is 1.04 bits per heavy atom. The SMILES string of the molecule is CC(Oc1ccc(Cl)cc1)C(=O)N1CCCN(C(=O)C(C)(C)C)CC1. The molecule has 1 aromatic carbocycles. The molecule has 1 fully saturated rings. The van der Waals surface area contributed by atoms with E-state index in [1.54, 1.807) is 36.1 Å². The third kappa shape index (κ3) is 5.36. The zero-order valence-corrected chi connectivity index (χ0v) is 16.2. The minimum atomic E-state index is -0.578. The number of carbonyl (C=O) groups is 2. The molecule has 2 rings (SSSR count). The molecule has 6 heteroatoms. The summed E-state index contributed by atoms with van der Waals surface area (Å²) in [6.45, 7) is 9.94. The van der Waals surface area contributed by atoms with Crippen molar-refractivity contribution in [2.45, 2.75) is 40.2 Å². The molecule has 0 saturated carbocycles. The predicted octanol–water partition coefficient (Wildman–Crippen LogP) is 3.21. The normalized spacial score (nSPS) is 17.0. The van der Waals surface area contributed by atoms with Gasteiger partial charge < -0.3 is 14.5 Å². The van der Waals surface area contributed by atoms with Crippen LogP contribution in [0.5, 0.6) is 5.75 Å². The highest BCUT2D eigenvalue weighted by Crippen LogP contribution is 2.20. The lowest BCUT2D eigenvalue weighted by Crippen LogP contribution is -2.44. The van der Waals surface area contributed by atoms with Crippen LogP contribution in [0.25, 0.3) is 0 Å². The van der Waals surface area contributed by atoms with Crippen LogP contribution in [0.15, 0.2) is 24.3 Å². The van der Waals surface area contributed by atoms with Gasteiger partial charge in [-0.2, -0.15) is 0 Å². The topological polar surface area (TPSA) is 49.9 Å². The summed E-state index contributed by atoms with van der Waals surface area (Å²) in [7, 11) is 0. The Kier molecular flexibility index (Phi) is 6.33. The molecule has 0 spiro atoms. The summed E-state index contributed by atoms with van der Waals surface area (Å²) in [5.74, 6) is 0.692. The third-order valence-corrected chi connectivity index (χ3v) is 4.46. The number of hydrogen-bond acceptors (Lipinski definition) is 3. The van der Waals surface area contributed by atoms with Crippen LogP contribution in [0.3, 0.4) is 0 Å². The van der Waals surface area contributed by atoms with Crippen LogP contribution >= 0.6 is 11.6 Å². The molecule has 0 radical (unpaired) electrons. The van der Waals surface area contributed by atoms with Crippen LogP contribution in [-0.4, -0.2) is 53.9 Å². The Labute approximate surface area is 154 Å². The molecule has 138 valence electrons. The molecular formula is C19H27ClN2O3. The Bertz CT molecular complexity index is 610. The maximum absolute atomic E-state index is 12.7. The number of rotatable bonds is 3. The minimum Gasteiger partial charge on any atom is -0.481 e. The lowest BCUT2D eigenvalue weighted by atomic mass is 9.94. The van der Waals surface area contributed by atoms with Crippen LogP contribution in [0.2, 0.25) is 5.02 Å². The molecule has 25 heavy (non-hydrogen) atoms. The molecule has 0 aliphatic carbocycles. The molecule has 1 heterocycles. The molecule has 1 aliphatic heterocycles. The van der Waals surface area contributed by atoms with Crippen molar-refractivity contribution in [3.63, 3.8) is 0 Å². The first-order valence-electron chi connectivity index (χ1n) is 8.69. The highest BCUT2D eigenvalue weighted by atomic mass is 35.5. The van der Waals surface area contributed by atoms with Crippen molar-refractivity contribution in [3.8, 4) is 5.75 Å². The van der Waals surface area contributed by atoms with Crippen molar-refractivity contribution < 1.29 is 14.3 Å². The zero-order valence-electron chi connectivity index (χ0n) is 15.4. The van der Waals surface area contributed by atoms with Gasteiger partial charge in [-0.3, -0.25) is 9.59 Å². The molecule has 1 aliphatic rings. The largest absolute Gasteiger partial charge is 0.481 e. The van der Waals surface area contributed by atoms with E-state index in [0.29, 0.717) is 37.0 Å². The highest BCUT2D eigenvalue weighted by molar-refractivity contribution is 6.30. The maximum atomic E-state index is 12.7. The van der Waals surface area contributed by atoms with Gasteiger partial charge in [0.1, 0.15) is 5.75 Å². The van der Waals surface area contributed by atoms with E-state index in [-0.39, 0.29) is 11.8 Å². The molecular weight excluding hydrogens is 340 g/mol. The van der Waals surface area contributed by atoms with E-state index in [4.69, 9.17) is 16.3 Å². The number of ether oxygens (including phenoxy) is 1. The van der Waals surface area contributed by atoms with Gasteiger partial charge >= 0.3 is 0 Å². The Morgan fingerprint density at radius 3 is 2.20 bits per heavy atom. The monoisotopic (exact) mass is 366 g/mol. The standard InChI is InChI=1S/C19H27ClN2O3/c1-14(25-16-8-6-15(20)7-9-16)17(23)21-10-5-11-22(13-12-21)18(24)19(2,3)4/h6-9,14H,5,10-13H2,1-4H3. The van der Waals surface area contributed by atoms with Crippen molar-refractivity contribution in [2.24, 2.45) is 5.41 Å². The second kappa shape index (κ2) is 8.09. The fraction of sp³-hybridized carbons (Fsp3) is 0.579. The molecule has 1 unspecified atom stereocenters. The van der Waals surface area contributed by atoms with E-state index in [1.807, 2.05) is 25.7 Å². The summed E-state index contributed by atoms with van der Waals surface area (Å²) in [5.41, 5.74) is -0.399. The summed E-state index contributed by atoms with van der Waals surface area (Å²) >= 11 is 5.86. The summed E-state index contributed by atoms with van der Waals surface area (Å²) in [6.07, 6.45) is 0.201. The highest BCUT2D eigenvalue weighted by Gasteiger charge is 2.30. The van der Waals surface area contributed by atoms with Gasteiger partial charge in [0.05, 0.1) is 0 Å². The van der Waals surface area contributed by atoms with Crippen LogP contribution < -0.4 is 4.74 Å². The van der Waals surface area contributed by atoms with E-state index in [2.05, 4.69) is 0 Å². The fourth-order valence-electron chi connectivity index (χ4n) is 2.84. The van der Waals surface area contributed by atoms with Crippen molar-refractivity contribution in [3.05, 3.63) is 29.3 Å². The lowest BCUT2D eigenvalue weighted by molar-refractivity contribution is -0.141. The van der Waals surface area contributed by atoms with Gasteiger partial charge in [0, 0.05) is 36.6 Å². The number of nitrogens with zero attached hydrogens (tertiary/aromatic N) is 2. The van der Waals surface area contributed by atoms with Crippen LogP contribution in [0, 0.1) is 5.41 Å². The number of hydrogen-bond donors (Lipinski definition) is 0. The smallest absolute Gasteiger partial charge is 0.263 e. The maximum Gasteiger partial charge on any atom is 0.263 e. The summed E-state index contributed by atoms with van der Waals surface area (Å²) in [6, 6.07) is 6.96. The Hall–Kier alpha value is -1.75. The molecule has 0 N–H and O–H groups in total. The van der Waals surface area contributed by atoms with E-state index in [1.165, 1.54) is 0 Å². The number of carbonyl (C=O) groups excluding carboxylic acids is 2. The molecule has 0 bridgehead atoms. The molecule has 1 atom stereocenters. The second-order valence-corrected chi connectivity index (χ2v) is 7.87. The molecule has 5 nitrogen and oxygen atoms in total. The van der Waals surface area contributed by atoms with Crippen molar-refractivity contribution >= 4 is 23.4 Å². The average molecular weight is 367 g/mol. The van der Waals surface area contributed by atoms with Crippen molar-refractivity contribution in [1.82, 2.24) is 9.80 Å². The predicted molar refractivity (Wildman–Crippen MR) is 98.8 cm³/mol. The van der Waals surface area contributed by atoms with Gasteiger partial charge in [-0.15, -0.1) is 0 Å². The van der Waals surface area contributed by atoms with Gasteiger partial charge in [-0.1, -0.05) is 32.4 Å². The van der Waals surface area contributed by atoms with E-state index in [0.717, 1.165) is 6.42 Å². The molecule has 0 aromatic heterocycles. The number of halogens is 1. The van der Waals surface area contributed by atoms with Crippen molar-refractivity contribution in [1.29, 1.82) is 0 Å². The third-order valence-electron chi connectivity index (χ3n) is 4.21. The van der Waals surface area contributed by atoms with Crippen LogP contribution in [0.4, 0.5) is 0 Å². The zero-order chi connectivity index (χ0) is 18.6. The Balaban J connectivity index is 1.93. The number of amides is 2. The van der Waals surface area contributed by atoms with Gasteiger partial charge in [0.2, 0.25) is 5.91 Å². The quantitative estimate of drug-likeness (QED) is 0.825. The van der Waals surface area contributed by atoms with E-state index in [9.17, 15) is 9.59 Å². The van der Waals surface area contributed by atoms with Crippen LogP contribution in [-0.2, 0) is 9.59 Å². The molecule has 1 aromatic rings. The van der Waals surface area contributed by atoms with E-state index < -0.39 is 11.5 Å². The van der Waals surface area contributed by atoms with Crippen LogP contribution in [0.1, 0.15) is 34.1 Å². The van der Waals surface area contributed by atoms with Gasteiger partial charge in [-0.25, -0.2) is 0 Å². The lowest BCUT2D eigenvalue weighted by Gasteiger charge is -2.29. The minimum absolute atomic E-state index is 0.0555. The van der Waals surface area contributed by atoms with Gasteiger partial charge in [0.25, 0.3) is 5.91 Å². The van der Waals surface area contributed by atoms with Crippen molar-refractivity contribution in [2.75, 3.05) is 26.2 Å². The second-order valence-electron chi connectivity index (χ2n) is 7.44. The summed E-state index contributed by atoms with van der Waals surface area (Å²) < 4.78 is 5.72. The summed E-state index contributed by atoms with van der Waals surface area (Å²) in [5, 5.41) is 0.627. The van der Waals surface area contributed by atoms with Gasteiger partial charge in [-0.05, 0) is 37.6 Å². The van der Waals surface area contributed by atoms with E-state index >= 15 is 0 Å². The first-order valence-corrected chi connectivity index (χ1v) is 9.06. The first kappa shape index (κ1) is 19.6. The first-order chi connectivity index (χ1) is 11.7. The van der Waals surface area contributed by atoms with Gasteiger partial charge in [0.15, 0.2) is 6.10 Å².